The van der Waals surface area contributed by atoms with Gasteiger partial charge in [-0.25, -0.2) is 0 Å². The standard InChI is InChI=1S/C12H11NO.H2/c13-12(14)8-10-6-3-5-9-4-1-2-7-11(9)10;/h1-7H,8H2,(H2,13,14);1H. The number of hydrogen-bond acceptors (Lipinski definition) is 1. The molecule has 2 heteroatoms. The number of carbonyl (C=O) groups excluding carboxylic acids is 1. The highest BCUT2D eigenvalue weighted by atomic mass is 16.1. The molecule has 2 aromatic carbocycles. The second kappa shape index (κ2) is 3.50. The molecule has 2 nitrogen and oxygen atoms in total. The molecule has 0 saturated heterocycles. The van der Waals surface area contributed by atoms with Gasteiger partial charge in [0.15, 0.2) is 0 Å². The molecule has 0 aliphatic rings. The Labute approximate surface area is 83.8 Å². The Morgan fingerprint density at radius 2 is 1.86 bits per heavy atom. The minimum Gasteiger partial charge on any atom is -0.369 e. The van der Waals surface area contributed by atoms with E-state index < -0.39 is 0 Å². The topological polar surface area (TPSA) is 43.1 Å². The van der Waals surface area contributed by atoms with Crippen LogP contribution in [0.2, 0.25) is 0 Å². The lowest BCUT2D eigenvalue weighted by Crippen LogP contribution is -2.13. The molecule has 0 radical (unpaired) electrons. The number of nitrogens with two attached hydrogens (primary N) is 1. The van der Waals surface area contributed by atoms with E-state index in [9.17, 15) is 4.79 Å². The molecule has 0 spiro atoms. The molecule has 0 bridgehead atoms. The number of primary amides is 1. The molecule has 0 aromatic heterocycles. The first-order valence-electron chi connectivity index (χ1n) is 4.52. The quantitative estimate of drug-likeness (QED) is 0.768. The summed E-state index contributed by atoms with van der Waals surface area (Å²) in [5, 5.41) is 2.25. The van der Waals surface area contributed by atoms with Crippen LogP contribution < -0.4 is 5.73 Å². The van der Waals surface area contributed by atoms with Crippen LogP contribution in [0.3, 0.4) is 0 Å². The third-order valence-electron chi connectivity index (χ3n) is 2.24. The largest absolute Gasteiger partial charge is 0.369 e. The second-order valence-electron chi connectivity index (χ2n) is 3.28. The van der Waals surface area contributed by atoms with Gasteiger partial charge >= 0.3 is 0 Å². The van der Waals surface area contributed by atoms with E-state index in [1.54, 1.807) is 0 Å². The van der Waals surface area contributed by atoms with Crippen LogP contribution in [0.15, 0.2) is 42.5 Å². The summed E-state index contributed by atoms with van der Waals surface area (Å²) in [6.45, 7) is 0. The maximum atomic E-state index is 10.8. The summed E-state index contributed by atoms with van der Waals surface area (Å²) in [5.41, 5.74) is 6.17. The van der Waals surface area contributed by atoms with Gasteiger partial charge < -0.3 is 5.73 Å². The Balaban J connectivity index is 0.00000112. The van der Waals surface area contributed by atoms with E-state index in [4.69, 9.17) is 5.73 Å². The van der Waals surface area contributed by atoms with Crippen molar-refractivity contribution in [2.75, 3.05) is 0 Å². The van der Waals surface area contributed by atoms with E-state index in [0.29, 0.717) is 6.42 Å². The fourth-order valence-electron chi connectivity index (χ4n) is 1.63. The highest BCUT2D eigenvalue weighted by Crippen LogP contribution is 2.18. The molecule has 0 aliphatic heterocycles. The Morgan fingerprint density at radius 3 is 2.64 bits per heavy atom. The number of hydrogen-bond donors (Lipinski definition) is 1. The minimum absolute atomic E-state index is 0. The molecule has 2 rings (SSSR count). The highest BCUT2D eigenvalue weighted by molar-refractivity contribution is 5.89. The van der Waals surface area contributed by atoms with Gasteiger partial charge in [-0.05, 0) is 16.3 Å². The van der Waals surface area contributed by atoms with Crippen molar-refractivity contribution in [1.29, 1.82) is 0 Å². The van der Waals surface area contributed by atoms with Crippen molar-refractivity contribution in [1.82, 2.24) is 0 Å². The van der Waals surface area contributed by atoms with Crippen LogP contribution in [0, 0.1) is 0 Å². The predicted octanol–water partition coefficient (Wildman–Crippen LogP) is 2.11. The van der Waals surface area contributed by atoms with E-state index in [-0.39, 0.29) is 7.33 Å². The van der Waals surface area contributed by atoms with Crippen LogP contribution in [0.1, 0.15) is 6.99 Å². The number of fused-ring (bicyclic) bond motifs is 1. The van der Waals surface area contributed by atoms with Gasteiger partial charge in [0.2, 0.25) is 5.91 Å². The van der Waals surface area contributed by atoms with Crippen LogP contribution >= 0.6 is 0 Å². The lowest BCUT2D eigenvalue weighted by Gasteiger charge is -2.03. The molecule has 14 heavy (non-hydrogen) atoms. The van der Waals surface area contributed by atoms with E-state index in [1.807, 2.05) is 42.5 Å². The maximum Gasteiger partial charge on any atom is 0.221 e. The first-order valence-corrected chi connectivity index (χ1v) is 4.52. The summed E-state index contributed by atoms with van der Waals surface area (Å²) in [6.07, 6.45) is 0.307. The SMILES string of the molecule is NC(=O)Cc1cccc2ccccc12.[HH]. The van der Waals surface area contributed by atoms with Crippen molar-refractivity contribution < 1.29 is 6.22 Å². The summed E-state index contributed by atoms with van der Waals surface area (Å²) in [5.74, 6) is -0.290. The number of amides is 1. The summed E-state index contributed by atoms with van der Waals surface area (Å²) in [7, 11) is 0. The van der Waals surface area contributed by atoms with Gasteiger partial charge in [0.05, 0.1) is 6.42 Å². The molecule has 0 aliphatic carbocycles. The van der Waals surface area contributed by atoms with Gasteiger partial charge in [0.1, 0.15) is 0 Å². The molecular weight excluding hydrogens is 174 g/mol. The predicted molar refractivity (Wildman–Crippen MR) is 59.0 cm³/mol. The summed E-state index contributed by atoms with van der Waals surface area (Å²) < 4.78 is 0. The Morgan fingerprint density at radius 1 is 1.14 bits per heavy atom. The van der Waals surface area contributed by atoms with Crippen LogP contribution in [0.5, 0.6) is 0 Å². The van der Waals surface area contributed by atoms with Gasteiger partial charge in [-0.3, -0.25) is 4.79 Å². The first kappa shape index (κ1) is 8.75. The van der Waals surface area contributed by atoms with Gasteiger partial charge in [0.25, 0.3) is 0 Å². The fraction of sp³-hybridized carbons (Fsp3) is 0.0833. The van der Waals surface area contributed by atoms with Crippen molar-refractivity contribution in [3.8, 4) is 0 Å². The smallest absolute Gasteiger partial charge is 0.221 e. The van der Waals surface area contributed by atoms with Crippen LogP contribution in [-0.4, -0.2) is 5.91 Å². The number of carbonyl (C=O) groups is 1. The fourth-order valence-corrected chi connectivity index (χ4v) is 1.63. The van der Waals surface area contributed by atoms with E-state index >= 15 is 0 Å². The second-order valence-corrected chi connectivity index (χ2v) is 3.28. The van der Waals surface area contributed by atoms with E-state index in [1.165, 1.54) is 0 Å². The minimum atomic E-state index is -0.290. The summed E-state index contributed by atoms with van der Waals surface area (Å²) >= 11 is 0. The maximum absolute atomic E-state index is 10.8. The van der Waals surface area contributed by atoms with Gasteiger partial charge in [-0.2, -0.15) is 0 Å². The molecule has 2 aromatic rings. The highest BCUT2D eigenvalue weighted by Gasteiger charge is 2.02. The number of benzene rings is 2. The van der Waals surface area contributed by atoms with Crippen molar-refractivity contribution in [3.63, 3.8) is 0 Å². The molecule has 0 unspecified atom stereocenters. The molecule has 0 atom stereocenters. The summed E-state index contributed by atoms with van der Waals surface area (Å²) in [4.78, 5) is 10.8. The Hall–Kier alpha value is -1.83. The van der Waals surface area contributed by atoms with Gasteiger partial charge in [0, 0.05) is 1.43 Å². The van der Waals surface area contributed by atoms with Crippen molar-refractivity contribution in [2.24, 2.45) is 5.73 Å². The summed E-state index contributed by atoms with van der Waals surface area (Å²) in [6, 6.07) is 13.9. The van der Waals surface area contributed by atoms with Crippen LogP contribution in [0.4, 0.5) is 0 Å². The van der Waals surface area contributed by atoms with Crippen LogP contribution in [-0.2, 0) is 11.2 Å². The number of rotatable bonds is 2. The average Bonchev–Trinajstić information content (AvgIpc) is 2.18. The Kier molecular flexibility index (Phi) is 2.19. The lowest BCUT2D eigenvalue weighted by atomic mass is 10.0. The van der Waals surface area contributed by atoms with Crippen molar-refractivity contribution in [3.05, 3.63) is 48.0 Å². The van der Waals surface area contributed by atoms with Gasteiger partial charge in [-0.1, -0.05) is 42.5 Å². The average molecular weight is 187 g/mol. The molecule has 0 heterocycles. The Bertz CT molecular complexity index is 477. The van der Waals surface area contributed by atoms with E-state index in [2.05, 4.69) is 0 Å². The molecule has 2 N–H and O–H groups in total. The van der Waals surface area contributed by atoms with Crippen molar-refractivity contribution in [2.45, 2.75) is 6.42 Å². The lowest BCUT2D eigenvalue weighted by molar-refractivity contribution is -0.117. The first-order chi connectivity index (χ1) is 6.77. The third kappa shape index (κ3) is 1.59. The normalized spacial score (nSPS) is 10.3. The zero-order valence-corrected chi connectivity index (χ0v) is 7.73. The zero-order chi connectivity index (χ0) is 9.97. The monoisotopic (exact) mass is 187 g/mol. The third-order valence-corrected chi connectivity index (χ3v) is 2.24. The van der Waals surface area contributed by atoms with Crippen molar-refractivity contribution >= 4 is 16.7 Å². The van der Waals surface area contributed by atoms with Crippen LogP contribution in [0.25, 0.3) is 10.8 Å². The van der Waals surface area contributed by atoms with Gasteiger partial charge in [-0.15, -0.1) is 0 Å². The molecule has 0 fully saturated rings. The van der Waals surface area contributed by atoms with E-state index in [0.717, 1.165) is 16.3 Å². The molecule has 72 valence electrons. The molecule has 0 saturated carbocycles. The zero-order valence-electron chi connectivity index (χ0n) is 7.73. The molecular formula is C12H13NO. The molecule has 1 amide bonds.